The van der Waals surface area contributed by atoms with Gasteiger partial charge in [0.25, 0.3) is 5.91 Å². The number of hydrogen-bond donors (Lipinski definition) is 0. The van der Waals surface area contributed by atoms with Gasteiger partial charge in [-0.25, -0.2) is 4.79 Å². The standard InChI is InChI=1S/C19H24N2O4/c1-14-7-8-16(24-3)15(11-14)18(23)25-12-17(22)21(2)19(13-20)9-5-4-6-10-19/h7-8,11H,4-6,9-10,12H2,1-3H3. The third kappa shape index (κ3) is 4.11. The summed E-state index contributed by atoms with van der Waals surface area (Å²) in [6.45, 7) is 1.46. The van der Waals surface area contributed by atoms with Crippen molar-refractivity contribution in [1.29, 1.82) is 5.26 Å². The van der Waals surface area contributed by atoms with Crippen LogP contribution in [0.3, 0.4) is 0 Å². The Labute approximate surface area is 148 Å². The van der Waals surface area contributed by atoms with Gasteiger partial charge in [-0.15, -0.1) is 0 Å². The van der Waals surface area contributed by atoms with Gasteiger partial charge in [0.2, 0.25) is 0 Å². The zero-order valence-electron chi connectivity index (χ0n) is 15.0. The second-order valence-corrected chi connectivity index (χ2v) is 6.44. The van der Waals surface area contributed by atoms with Crippen LogP contribution in [0.4, 0.5) is 0 Å². The molecule has 0 aromatic heterocycles. The number of hydrogen-bond acceptors (Lipinski definition) is 5. The number of benzene rings is 1. The number of aryl methyl sites for hydroxylation is 1. The van der Waals surface area contributed by atoms with Gasteiger partial charge in [-0.05, 0) is 31.9 Å². The van der Waals surface area contributed by atoms with Gasteiger partial charge in [-0.1, -0.05) is 30.9 Å². The fourth-order valence-electron chi connectivity index (χ4n) is 3.18. The van der Waals surface area contributed by atoms with Crippen LogP contribution in [0.15, 0.2) is 18.2 Å². The largest absolute Gasteiger partial charge is 0.496 e. The second-order valence-electron chi connectivity index (χ2n) is 6.44. The number of carbonyl (C=O) groups is 2. The van der Waals surface area contributed by atoms with Gasteiger partial charge in [0.05, 0.1) is 13.2 Å². The van der Waals surface area contributed by atoms with Gasteiger partial charge in [0.1, 0.15) is 16.9 Å². The smallest absolute Gasteiger partial charge is 0.342 e. The number of likely N-dealkylation sites (N-methyl/N-ethyl adjacent to an activating group) is 1. The van der Waals surface area contributed by atoms with Gasteiger partial charge >= 0.3 is 5.97 Å². The van der Waals surface area contributed by atoms with E-state index >= 15 is 0 Å². The van der Waals surface area contributed by atoms with Crippen molar-refractivity contribution in [3.8, 4) is 11.8 Å². The minimum absolute atomic E-state index is 0.283. The van der Waals surface area contributed by atoms with Crippen LogP contribution in [0.25, 0.3) is 0 Å². The number of nitrogens with zero attached hydrogens (tertiary/aromatic N) is 2. The Hall–Kier alpha value is -2.55. The topological polar surface area (TPSA) is 79.6 Å². The monoisotopic (exact) mass is 344 g/mol. The van der Waals surface area contributed by atoms with E-state index in [1.807, 2.05) is 13.0 Å². The molecule has 1 fully saturated rings. The summed E-state index contributed by atoms with van der Waals surface area (Å²) in [5.74, 6) is -0.586. The third-order valence-electron chi connectivity index (χ3n) is 4.81. The highest BCUT2D eigenvalue weighted by molar-refractivity contribution is 5.94. The Morgan fingerprint density at radius 2 is 1.96 bits per heavy atom. The van der Waals surface area contributed by atoms with E-state index in [4.69, 9.17) is 9.47 Å². The number of nitriles is 1. The van der Waals surface area contributed by atoms with Crippen LogP contribution in [0.1, 0.15) is 48.0 Å². The van der Waals surface area contributed by atoms with Crippen LogP contribution >= 0.6 is 0 Å². The third-order valence-corrected chi connectivity index (χ3v) is 4.81. The average molecular weight is 344 g/mol. The Morgan fingerprint density at radius 1 is 1.28 bits per heavy atom. The minimum Gasteiger partial charge on any atom is -0.496 e. The first kappa shape index (κ1) is 18.8. The lowest BCUT2D eigenvalue weighted by atomic mass is 9.81. The van der Waals surface area contributed by atoms with Crippen molar-refractivity contribution in [3.63, 3.8) is 0 Å². The normalized spacial score (nSPS) is 15.8. The van der Waals surface area contributed by atoms with Crippen molar-refractivity contribution in [1.82, 2.24) is 4.90 Å². The molecule has 1 saturated carbocycles. The first-order valence-electron chi connectivity index (χ1n) is 8.43. The van der Waals surface area contributed by atoms with Crippen molar-refractivity contribution < 1.29 is 19.1 Å². The summed E-state index contributed by atoms with van der Waals surface area (Å²) in [5, 5.41) is 9.55. The van der Waals surface area contributed by atoms with E-state index in [1.165, 1.54) is 12.0 Å². The summed E-state index contributed by atoms with van der Waals surface area (Å²) >= 11 is 0. The number of amides is 1. The predicted octanol–water partition coefficient (Wildman–Crippen LogP) is 2.85. The Kier molecular flexibility index (Phi) is 6.02. The second kappa shape index (κ2) is 8.02. The molecule has 1 aromatic carbocycles. The number of ether oxygens (including phenoxy) is 2. The van der Waals surface area contributed by atoms with E-state index in [9.17, 15) is 14.9 Å². The minimum atomic E-state index is -0.789. The maximum absolute atomic E-state index is 12.4. The van der Waals surface area contributed by atoms with Gasteiger partial charge in [-0.2, -0.15) is 5.26 Å². The summed E-state index contributed by atoms with van der Waals surface area (Å²) in [5.41, 5.74) is 0.385. The summed E-state index contributed by atoms with van der Waals surface area (Å²) in [7, 11) is 3.08. The Balaban J connectivity index is 2.03. The van der Waals surface area contributed by atoms with Crippen LogP contribution in [0, 0.1) is 18.3 Å². The summed E-state index contributed by atoms with van der Waals surface area (Å²) in [6, 6.07) is 7.46. The number of carbonyl (C=O) groups excluding carboxylic acids is 2. The first-order valence-corrected chi connectivity index (χ1v) is 8.43. The SMILES string of the molecule is COc1ccc(C)cc1C(=O)OCC(=O)N(C)C1(C#N)CCCCC1. The molecule has 0 unspecified atom stereocenters. The predicted molar refractivity (Wildman–Crippen MR) is 92.2 cm³/mol. The van der Waals surface area contributed by atoms with Crippen molar-refractivity contribution in [2.75, 3.05) is 20.8 Å². The van der Waals surface area contributed by atoms with E-state index in [1.54, 1.807) is 19.2 Å². The lowest BCUT2D eigenvalue weighted by Crippen LogP contribution is -2.51. The maximum atomic E-state index is 12.4. The molecule has 1 aliphatic carbocycles. The molecule has 0 radical (unpaired) electrons. The number of esters is 1. The lowest BCUT2D eigenvalue weighted by Gasteiger charge is -2.38. The highest BCUT2D eigenvalue weighted by Gasteiger charge is 2.39. The highest BCUT2D eigenvalue weighted by atomic mass is 16.5. The Bertz CT molecular complexity index is 687. The fourth-order valence-corrected chi connectivity index (χ4v) is 3.18. The molecule has 6 heteroatoms. The average Bonchev–Trinajstić information content (AvgIpc) is 2.65. The zero-order valence-corrected chi connectivity index (χ0v) is 15.0. The highest BCUT2D eigenvalue weighted by Crippen LogP contribution is 2.32. The van der Waals surface area contributed by atoms with Crippen molar-refractivity contribution in [3.05, 3.63) is 29.3 Å². The fraction of sp³-hybridized carbons (Fsp3) is 0.526. The van der Waals surface area contributed by atoms with E-state index in [0.29, 0.717) is 18.6 Å². The van der Waals surface area contributed by atoms with E-state index in [2.05, 4.69) is 6.07 Å². The maximum Gasteiger partial charge on any atom is 0.342 e. The molecule has 134 valence electrons. The molecule has 0 saturated heterocycles. The van der Waals surface area contributed by atoms with Gasteiger partial charge in [0, 0.05) is 7.05 Å². The molecule has 0 spiro atoms. The van der Waals surface area contributed by atoms with Crippen LogP contribution in [-0.2, 0) is 9.53 Å². The zero-order chi connectivity index (χ0) is 18.4. The number of methoxy groups -OCH3 is 1. The van der Waals surface area contributed by atoms with Crippen LogP contribution in [0.5, 0.6) is 5.75 Å². The summed E-state index contributed by atoms with van der Waals surface area (Å²) in [4.78, 5) is 26.2. The van der Waals surface area contributed by atoms with Crippen molar-refractivity contribution >= 4 is 11.9 Å². The van der Waals surface area contributed by atoms with Crippen molar-refractivity contribution in [2.24, 2.45) is 0 Å². The molecule has 25 heavy (non-hydrogen) atoms. The number of rotatable bonds is 5. The molecule has 0 bridgehead atoms. The first-order chi connectivity index (χ1) is 11.9. The van der Waals surface area contributed by atoms with Gasteiger partial charge in [0.15, 0.2) is 6.61 Å². The van der Waals surface area contributed by atoms with Crippen LogP contribution in [-0.4, -0.2) is 43.1 Å². The van der Waals surface area contributed by atoms with E-state index in [-0.39, 0.29) is 11.5 Å². The summed E-state index contributed by atoms with van der Waals surface area (Å²) in [6.07, 6.45) is 4.24. The Morgan fingerprint density at radius 3 is 2.56 bits per heavy atom. The molecule has 0 aliphatic heterocycles. The quantitative estimate of drug-likeness (QED) is 0.767. The molecule has 2 rings (SSSR count). The molecular weight excluding hydrogens is 320 g/mol. The molecule has 1 aromatic rings. The molecular formula is C19H24N2O4. The molecule has 0 atom stereocenters. The van der Waals surface area contributed by atoms with Crippen LogP contribution < -0.4 is 4.74 Å². The van der Waals surface area contributed by atoms with E-state index in [0.717, 1.165) is 24.8 Å². The molecule has 1 amide bonds. The summed E-state index contributed by atoms with van der Waals surface area (Å²) < 4.78 is 10.3. The molecule has 6 nitrogen and oxygen atoms in total. The van der Waals surface area contributed by atoms with Crippen molar-refractivity contribution in [2.45, 2.75) is 44.6 Å². The molecule has 0 heterocycles. The molecule has 0 N–H and O–H groups in total. The van der Waals surface area contributed by atoms with E-state index < -0.39 is 18.1 Å². The van der Waals surface area contributed by atoms with Crippen LogP contribution in [0.2, 0.25) is 0 Å². The lowest BCUT2D eigenvalue weighted by molar-refractivity contribution is -0.138. The van der Waals surface area contributed by atoms with Gasteiger partial charge in [-0.3, -0.25) is 4.79 Å². The van der Waals surface area contributed by atoms with Gasteiger partial charge < -0.3 is 14.4 Å². The molecule has 1 aliphatic rings.